The van der Waals surface area contributed by atoms with Gasteiger partial charge in [-0.15, -0.1) is 0 Å². The Labute approximate surface area is 70.9 Å². The standard InChI is InChI=1S/C9H11FO2/c1-11-9(12-2)7-5-3-4-6-8(7)10/h3-6,9H,1-2H3. The first kappa shape index (κ1) is 9.16. The maximum absolute atomic E-state index is 13.1. The van der Waals surface area contributed by atoms with Gasteiger partial charge in [0.2, 0.25) is 0 Å². The highest BCUT2D eigenvalue weighted by atomic mass is 19.1. The van der Waals surface area contributed by atoms with Gasteiger partial charge in [-0.2, -0.15) is 0 Å². The monoisotopic (exact) mass is 170 g/mol. The molecule has 0 unspecified atom stereocenters. The lowest BCUT2D eigenvalue weighted by Crippen LogP contribution is -2.05. The molecule has 1 aromatic carbocycles. The van der Waals surface area contributed by atoms with Crippen LogP contribution in [-0.2, 0) is 9.47 Å². The summed E-state index contributed by atoms with van der Waals surface area (Å²) >= 11 is 0. The number of methoxy groups -OCH3 is 2. The number of halogens is 1. The normalized spacial score (nSPS) is 10.7. The minimum atomic E-state index is -0.619. The number of hydrogen-bond donors (Lipinski definition) is 0. The molecule has 0 aromatic heterocycles. The Kier molecular flexibility index (Phi) is 3.19. The Bertz CT molecular complexity index is 246. The van der Waals surface area contributed by atoms with Crippen LogP contribution in [0.25, 0.3) is 0 Å². The van der Waals surface area contributed by atoms with Crippen molar-refractivity contribution in [3.8, 4) is 0 Å². The first-order chi connectivity index (χ1) is 5.79. The van der Waals surface area contributed by atoms with Crippen LogP contribution in [0.1, 0.15) is 11.9 Å². The summed E-state index contributed by atoms with van der Waals surface area (Å²) in [6.45, 7) is 0. The molecule has 0 fully saturated rings. The Morgan fingerprint density at radius 1 is 1.17 bits per heavy atom. The molecular weight excluding hydrogens is 159 g/mol. The highest BCUT2D eigenvalue weighted by molar-refractivity contribution is 5.18. The highest BCUT2D eigenvalue weighted by Crippen LogP contribution is 2.19. The number of rotatable bonds is 3. The van der Waals surface area contributed by atoms with Gasteiger partial charge in [0.1, 0.15) is 5.82 Å². The fraction of sp³-hybridized carbons (Fsp3) is 0.333. The Morgan fingerprint density at radius 2 is 1.75 bits per heavy atom. The molecule has 1 rings (SSSR count). The molecule has 0 aliphatic carbocycles. The van der Waals surface area contributed by atoms with E-state index in [0.717, 1.165) is 0 Å². The summed E-state index contributed by atoms with van der Waals surface area (Å²) in [6.07, 6.45) is -0.619. The van der Waals surface area contributed by atoms with E-state index in [1.54, 1.807) is 18.2 Å². The van der Waals surface area contributed by atoms with E-state index in [4.69, 9.17) is 9.47 Å². The minimum Gasteiger partial charge on any atom is -0.352 e. The van der Waals surface area contributed by atoms with Crippen molar-refractivity contribution >= 4 is 0 Å². The van der Waals surface area contributed by atoms with Gasteiger partial charge < -0.3 is 9.47 Å². The molecule has 0 saturated heterocycles. The lowest BCUT2D eigenvalue weighted by molar-refractivity contribution is -0.107. The van der Waals surface area contributed by atoms with Crippen LogP contribution in [0.3, 0.4) is 0 Å². The van der Waals surface area contributed by atoms with Crippen molar-refractivity contribution in [1.82, 2.24) is 0 Å². The summed E-state index contributed by atoms with van der Waals surface area (Å²) in [4.78, 5) is 0. The van der Waals surface area contributed by atoms with Crippen LogP contribution in [0, 0.1) is 5.82 Å². The van der Waals surface area contributed by atoms with E-state index in [1.165, 1.54) is 20.3 Å². The van der Waals surface area contributed by atoms with Gasteiger partial charge in [-0.1, -0.05) is 18.2 Å². The van der Waals surface area contributed by atoms with Crippen LogP contribution < -0.4 is 0 Å². The molecule has 0 amide bonds. The van der Waals surface area contributed by atoms with Gasteiger partial charge >= 0.3 is 0 Å². The first-order valence-electron chi connectivity index (χ1n) is 3.59. The zero-order valence-corrected chi connectivity index (χ0v) is 7.08. The van der Waals surface area contributed by atoms with Gasteiger partial charge in [-0.05, 0) is 6.07 Å². The summed E-state index contributed by atoms with van der Waals surface area (Å²) in [5, 5.41) is 0. The average molecular weight is 170 g/mol. The molecule has 12 heavy (non-hydrogen) atoms. The summed E-state index contributed by atoms with van der Waals surface area (Å²) in [7, 11) is 2.95. The molecule has 0 N–H and O–H groups in total. The van der Waals surface area contributed by atoms with Gasteiger partial charge in [0.05, 0.1) is 0 Å². The van der Waals surface area contributed by atoms with E-state index in [-0.39, 0.29) is 5.82 Å². The van der Waals surface area contributed by atoms with Crippen molar-refractivity contribution in [2.45, 2.75) is 6.29 Å². The summed E-state index contributed by atoms with van der Waals surface area (Å²) in [6, 6.07) is 6.37. The Hall–Kier alpha value is -0.930. The largest absolute Gasteiger partial charge is 0.352 e. The molecule has 66 valence electrons. The molecule has 0 aliphatic rings. The third-order valence-corrected chi connectivity index (χ3v) is 1.59. The van der Waals surface area contributed by atoms with Crippen LogP contribution in [0.4, 0.5) is 4.39 Å². The average Bonchev–Trinajstić information content (AvgIpc) is 2.10. The fourth-order valence-corrected chi connectivity index (χ4v) is 1.02. The zero-order chi connectivity index (χ0) is 8.97. The zero-order valence-electron chi connectivity index (χ0n) is 7.08. The second kappa shape index (κ2) is 4.18. The topological polar surface area (TPSA) is 18.5 Å². The van der Waals surface area contributed by atoms with E-state index >= 15 is 0 Å². The molecule has 0 atom stereocenters. The SMILES string of the molecule is COC(OC)c1ccccc1F. The van der Waals surface area contributed by atoms with Crippen LogP contribution in [0.15, 0.2) is 24.3 Å². The van der Waals surface area contributed by atoms with E-state index in [2.05, 4.69) is 0 Å². The van der Waals surface area contributed by atoms with Crippen molar-refractivity contribution < 1.29 is 13.9 Å². The Balaban J connectivity index is 2.92. The molecule has 2 nitrogen and oxygen atoms in total. The highest BCUT2D eigenvalue weighted by Gasteiger charge is 2.12. The van der Waals surface area contributed by atoms with Crippen LogP contribution in [0.5, 0.6) is 0 Å². The summed E-state index contributed by atoms with van der Waals surface area (Å²) in [5.41, 5.74) is 0.419. The van der Waals surface area contributed by atoms with Gasteiger partial charge in [0.25, 0.3) is 0 Å². The molecule has 0 spiro atoms. The van der Waals surface area contributed by atoms with Crippen LogP contribution >= 0.6 is 0 Å². The smallest absolute Gasteiger partial charge is 0.185 e. The van der Waals surface area contributed by atoms with E-state index in [1.807, 2.05) is 0 Å². The Morgan fingerprint density at radius 3 is 2.25 bits per heavy atom. The molecule has 0 aliphatic heterocycles. The molecule has 3 heteroatoms. The third-order valence-electron chi connectivity index (χ3n) is 1.59. The van der Waals surface area contributed by atoms with Crippen molar-refractivity contribution in [3.05, 3.63) is 35.6 Å². The van der Waals surface area contributed by atoms with Gasteiger partial charge in [-0.25, -0.2) is 4.39 Å². The van der Waals surface area contributed by atoms with E-state index in [0.29, 0.717) is 5.56 Å². The lowest BCUT2D eigenvalue weighted by Gasteiger charge is -2.13. The predicted molar refractivity (Wildman–Crippen MR) is 43.2 cm³/mol. The molecule has 0 radical (unpaired) electrons. The van der Waals surface area contributed by atoms with E-state index in [9.17, 15) is 4.39 Å². The van der Waals surface area contributed by atoms with Crippen molar-refractivity contribution in [3.63, 3.8) is 0 Å². The fourth-order valence-electron chi connectivity index (χ4n) is 1.02. The number of benzene rings is 1. The van der Waals surface area contributed by atoms with Crippen LogP contribution in [-0.4, -0.2) is 14.2 Å². The van der Waals surface area contributed by atoms with Gasteiger partial charge in [0, 0.05) is 19.8 Å². The predicted octanol–water partition coefficient (Wildman–Crippen LogP) is 2.12. The van der Waals surface area contributed by atoms with Crippen molar-refractivity contribution in [1.29, 1.82) is 0 Å². The van der Waals surface area contributed by atoms with Crippen molar-refractivity contribution in [2.75, 3.05) is 14.2 Å². The maximum atomic E-state index is 13.1. The van der Waals surface area contributed by atoms with Crippen molar-refractivity contribution in [2.24, 2.45) is 0 Å². The molecule has 0 bridgehead atoms. The minimum absolute atomic E-state index is 0.314. The van der Waals surface area contributed by atoms with E-state index < -0.39 is 6.29 Å². The molecule has 0 saturated carbocycles. The maximum Gasteiger partial charge on any atom is 0.185 e. The molecule has 0 heterocycles. The quantitative estimate of drug-likeness (QED) is 0.647. The van der Waals surface area contributed by atoms with Crippen LogP contribution in [0.2, 0.25) is 0 Å². The summed E-state index contributed by atoms with van der Waals surface area (Å²) in [5.74, 6) is -0.314. The molecular formula is C9H11FO2. The lowest BCUT2D eigenvalue weighted by atomic mass is 10.2. The second-order valence-electron chi connectivity index (χ2n) is 2.32. The van der Waals surface area contributed by atoms with Gasteiger partial charge in [0.15, 0.2) is 6.29 Å². The summed E-state index contributed by atoms with van der Waals surface area (Å²) < 4.78 is 22.9. The number of hydrogen-bond acceptors (Lipinski definition) is 2. The second-order valence-corrected chi connectivity index (χ2v) is 2.32. The molecule has 1 aromatic rings. The third kappa shape index (κ3) is 1.81. The first-order valence-corrected chi connectivity index (χ1v) is 3.59. The van der Waals surface area contributed by atoms with Gasteiger partial charge in [-0.3, -0.25) is 0 Å². The number of ether oxygens (including phenoxy) is 2.